The molecule has 1 aliphatic rings. The number of allylic oxidation sites excluding steroid dienone is 2. The lowest BCUT2D eigenvalue weighted by Gasteiger charge is -2.29. The molecular formula is C42H29N. The Kier molecular flexibility index (Phi) is 6.09. The van der Waals surface area contributed by atoms with Gasteiger partial charge in [-0.25, -0.2) is 0 Å². The number of benzene rings is 6. The van der Waals surface area contributed by atoms with Gasteiger partial charge in [0.1, 0.15) is 0 Å². The molecule has 0 fully saturated rings. The van der Waals surface area contributed by atoms with Crippen LogP contribution in [0.3, 0.4) is 0 Å². The van der Waals surface area contributed by atoms with Crippen LogP contribution >= 0.6 is 0 Å². The predicted octanol–water partition coefficient (Wildman–Crippen LogP) is 11.0. The van der Waals surface area contributed by atoms with Gasteiger partial charge in [0.05, 0.1) is 0 Å². The third-order valence-electron chi connectivity index (χ3n) is 8.82. The second-order valence-electron chi connectivity index (χ2n) is 11.3. The summed E-state index contributed by atoms with van der Waals surface area (Å²) in [4.78, 5) is 4.36. The Hall–Kier alpha value is -5.53. The summed E-state index contributed by atoms with van der Waals surface area (Å²) in [6.45, 7) is 4.60. The molecule has 43 heavy (non-hydrogen) atoms. The van der Waals surface area contributed by atoms with E-state index in [1.165, 1.54) is 71.6 Å². The summed E-state index contributed by atoms with van der Waals surface area (Å²) in [5.74, 6) is 0.126. The second kappa shape index (κ2) is 10.4. The van der Waals surface area contributed by atoms with Gasteiger partial charge in [-0.3, -0.25) is 4.98 Å². The smallest absolute Gasteiger partial charge is 0.0352 e. The number of aromatic nitrogens is 1. The van der Waals surface area contributed by atoms with E-state index >= 15 is 0 Å². The van der Waals surface area contributed by atoms with Crippen molar-refractivity contribution in [1.29, 1.82) is 0 Å². The minimum absolute atomic E-state index is 0.126. The Bertz CT molecular complexity index is 2160. The van der Waals surface area contributed by atoms with Crippen LogP contribution in [-0.2, 0) is 0 Å². The Morgan fingerprint density at radius 1 is 0.488 bits per heavy atom. The maximum absolute atomic E-state index is 4.60. The summed E-state index contributed by atoms with van der Waals surface area (Å²) in [5, 5.41) is 4.89. The third kappa shape index (κ3) is 4.38. The summed E-state index contributed by atoms with van der Waals surface area (Å²) < 4.78 is 0. The number of rotatable bonds is 4. The highest BCUT2D eigenvalue weighted by Crippen LogP contribution is 2.46. The van der Waals surface area contributed by atoms with E-state index in [0.717, 1.165) is 5.57 Å². The van der Waals surface area contributed by atoms with E-state index in [0.29, 0.717) is 0 Å². The highest BCUT2D eigenvalue weighted by molar-refractivity contribution is 6.05. The molecule has 1 heterocycles. The van der Waals surface area contributed by atoms with Crippen molar-refractivity contribution < 1.29 is 0 Å². The monoisotopic (exact) mass is 547 g/mol. The Morgan fingerprint density at radius 2 is 1.14 bits per heavy atom. The fourth-order valence-corrected chi connectivity index (χ4v) is 6.60. The molecule has 202 valence electrons. The van der Waals surface area contributed by atoms with Crippen molar-refractivity contribution in [3.8, 4) is 22.3 Å². The molecule has 6 aromatic carbocycles. The topological polar surface area (TPSA) is 12.9 Å². The molecule has 1 nitrogen and oxygen atoms in total. The molecule has 0 N–H and O–H groups in total. The van der Waals surface area contributed by atoms with E-state index in [1.807, 2.05) is 12.4 Å². The average molecular weight is 548 g/mol. The maximum atomic E-state index is 4.60. The number of hydrogen-bond acceptors (Lipinski definition) is 1. The molecule has 0 radical (unpaired) electrons. The summed E-state index contributed by atoms with van der Waals surface area (Å²) in [7, 11) is 0. The third-order valence-corrected chi connectivity index (χ3v) is 8.82. The fraction of sp³-hybridized carbons (Fsp3) is 0.0238. The van der Waals surface area contributed by atoms with Crippen LogP contribution in [0.25, 0.3) is 54.9 Å². The lowest BCUT2D eigenvalue weighted by molar-refractivity contribution is 1.09. The summed E-state index contributed by atoms with van der Waals surface area (Å²) in [5.41, 5.74) is 12.2. The Balaban J connectivity index is 1.19. The average Bonchev–Trinajstić information content (AvgIpc) is 3.09. The Morgan fingerprint density at radius 3 is 1.93 bits per heavy atom. The van der Waals surface area contributed by atoms with Crippen LogP contribution in [0.4, 0.5) is 0 Å². The molecule has 0 bridgehead atoms. The quantitative estimate of drug-likeness (QED) is 0.214. The van der Waals surface area contributed by atoms with Crippen LogP contribution < -0.4 is 0 Å². The minimum atomic E-state index is 0.126. The van der Waals surface area contributed by atoms with Gasteiger partial charge in [0.15, 0.2) is 0 Å². The van der Waals surface area contributed by atoms with E-state index in [2.05, 4.69) is 157 Å². The summed E-state index contributed by atoms with van der Waals surface area (Å²) in [6.07, 6.45) is 6.22. The molecule has 0 saturated carbocycles. The lowest BCUT2D eigenvalue weighted by Crippen LogP contribution is -2.09. The SMILES string of the molecule is C=C1c2ccc3ccccc3c2C(c2ccc(-c3ccc(-c4cccc5ccncc45)cc3)cc2)=CC1c1ccccc1. The molecule has 0 aliphatic heterocycles. The molecule has 1 unspecified atom stereocenters. The van der Waals surface area contributed by atoms with Gasteiger partial charge in [-0.05, 0) is 77.9 Å². The zero-order chi connectivity index (χ0) is 28.8. The first-order valence-electron chi connectivity index (χ1n) is 14.8. The van der Waals surface area contributed by atoms with Crippen LogP contribution in [0.1, 0.15) is 28.2 Å². The van der Waals surface area contributed by atoms with Crippen molar-refractivity contribution in [3.63, 3.8) is 0 Å². The van der Waals surface area contributed by atoms with E-state index in [9.17, 15) is 0 Å². The molecular weight excluding hydrogens is 518 g/mol. The van der Waals surface area contributed by atoms with Gasteiger partial charge < -0.3 is 0 Å². The largest absolute Gasteiger partial charge is 0.264 e. The zero-order valence-corrected chi connectivity index (χ0v) is 23.7. The van der Waals surface area contributed by atoms with E-state index in [-0.39, 0.29) is 5.92 Å². The van der Waals surface area contributed by atoms with Crippen LogP contribution in [-0.4, -0.2) is 4.98 Å². The first kappa shape index (κ1) is 25.2. The van der Waals surface area contributed by atoms with Gasteiger partial charge in [-0.1, -0.05) is 146 Å². The van der Waals surface area contributed by atoms with Crippen molar-refractivity contribution in [2.75, 3.05) is 0 Å². The van der Waals surface area contributed by atoms with Gasteiger partial charge in [0, 0.05) is 23.7 Å². The predicted molar refractivity (Wildman–Crippen MR) is 182 cm³/mol. The normalized spacial score (nSPS) is 14.5. The molecule has 8 rings (SSSR count). The molecule has 0 amide bonds. The van der Waals surface area contributed by atoms with Crippen LogP contribution in [0.2, 0.25) is 0 Å². The first-order valence-corrected chi connectivity index (χ1v) is 14.8. The van der Waals surface area contributed by atoms with Crippen molar-refractivity contribution in [3.05, 3.63) is 187 Å². The molecule has 1 heteroatoms. The highest BCUT2D eigenvalue weighted by atomic mass is 14.6. The van der Waals surface area contributed by atoms with Gasteiger partial charge in [0.2, 0.25) is 0 Å². The molecule has 0 saturated heterocycles. The molecule has 0 spiro atoms. The second-order valence-corrected chi connectivity index (χ2v) is 11.3. The lowest BCUT2D eigenvalue weighted by atomic mass is 9.75. The molecule has 1 atom stereocenters. The van der Waals surface area contributed by atoms with Gasteiger partial charge in [-0.2, -0.15) is 0 Å². The number of fused-ring (bicyclic) bond motifs is 4. The summed E-state index contributed by atoms with van der Waals surface area (Å²) >= 11 is 0. The number of pyridine rings is 1. The molecule has 1 aliphatic carbocycles. The van der Waals surface area contributed by atoms with Gasteiger partial charge >= 0.3 is 0 Å². The van der Waals surface area contributed by atoms with Crippen molar-refractivity contribution >= 4 is 32.7 Å². The van der Waals surface area contributed by atoms with Crippen molar-refractivity contribution in [1.82, 2.24) is 4.98 Å². The van der Waals surface area contributed by atoms with Crippen LogP contribution in [0.5, 0.6) is 0 Å². The highest BCUT2D eigenvalue weighted by Gasteiger charge is 2.26. The summed E-state index contributed by atoms with van der Waals surface area (Å²) in [6, 6.07) is 50.3. The van der Waals surface area contributed by atoms with Crippen LogP contribution in [0, 0.1) is 0 Å². The number of nitrogens with zero attached hydrogens (tertiary/aromatic N) is 1. The standard InChI is InChI=1S/C42H29N/c1-28-36-23-22-32-10-5-6-12-38(32)42(36)40(26-39(28)31-8-3-2-4-9-31)35-20-16-30(17-21-35)29-14-18-34(19-15-29)37-13-7-11-33-24-25-43-27-41(33)37/h2-27,39H,1H2. The zero-order valence-electron chi connectivity index (χ0n) is 23.7. The van der Waals surface area contributed by atoms with Crippen molar-refractivity contribution in [2.45, 2.75) is 5.92 Å². The van der Waals surface area contributed by atoms with E-state index in [1.54, 1.807) is 0 Å². The molecule has 1 aromatic heterocycles. The van der Waals surface area contributed by atoms with Gasteiger partial charge in [0.25, 0.3) is 0 Å². The number of hydrogen-bond donors (Lipinski definition) is 0. The van der Waals surface area contributed by atoms with Crippen LogP contribution in [0.15, 0.2) is 165 Å². The minimum Gasteiger partial charge on any atom is -0.264 e. The van der Waals surface area contributed by atoms with Crippen molar-refractivity contribution in [2.24, 2.45) is 0 Å². The molecule has 7 aromatic rings. The first-order chi connectivity index (χ1) is 21.2. The van der Waals surface area contributed by atoms with Gasteiger partial charge in [-0.15, -0.1) is 0 Å². The maximum Gasteiger partial charge on any atom is 0.0352 e. The van der Waals surface area contributed by atoms with E-state index in [4.69, 9.17) is 0 Å². The van der Waals surface area contributed by atoms with E-state index < -0.39 is 0 Å². The fourth-order valence-electron chi connectivity index (χ4n) is 6.60. The Labute approximate surface area is 252 Å².